The average molecular weight is 299 g/mol. The fourth-order valence-corrected chi connectivity index (χ4v) is 3.30. The predicted octanol–water partition coefficient (Wildman–Crippen LogP) is 3.47. The summed E-state index contributed by atoms with van der Waals surface area (Å²) in [6.07, 6.45) is 0. The minimum atomic E-state index is 0.491. The molecule has 0 amide bonds. The zero-order valence-corrected chi connectivity index (χ0v) is 12.5. The molecular weight excluding hydrogens is 286 g/mol. The summed E-state index contributed by atoms with van der Waals surface area (Å²) in [7, 11) is 0. The predicted molar refractivity (Wildman–Crippen MR) is 92.4 cm³/mol. The van der Waals surface area contributed by atoms with Gasteiger partial charge in [-0.2, -0.15) is 9.97 Å². The van der Waals surface area contributed by atoms with Crippen molar-refractivity contribution in [2.45, 2.75) is 6.92 Å². The highest BCUT2D eigenvalue weighted by molar-refractivity contribution is 5.99. The molecule has 5 heteroatoms. The van der Waals surface area contributed by atoms with Crippen LogP contribution in [0, 0.1) is 6.92 Å². The van der Waals surface area contributed by atoms with Crippen LogP contribution < -0.4 is 5.73 Å². The number of aromatic nitrogens is 4. The number of para-hydroxylation sites is 2. The number of nitrogen functional groups attached to an aromatic ring is 1. The lowest BCUT2D eigenvalue weighted by Crippen LogP contribution is -1.99. The fourth-order valence-electron chi connectivity index (χ4n) is 3.30. The Bertz CT molecular complexity index is 1240. The standard InChI is InChI=1S/C18H13N5/c1-10-11-6-2-4-8-13(11)20-17-15(10)23-14-9-5-3-7-12(14)16(19)21-18(23)22-17/h2-9H,1H3,(H2,19,20,21,22). The fraction of sp³-hybridized carbons (Fsp3) is 0.0556. The van der Waals surface area contributed by atoms with Crippen LogP contribution in [0.5, 0.6) is 0 Å². The molecule has 3 aromatic heterocycles. The summed E-state index contributed by atoms with van der Waals surface area (Å²) in [6, 6.07) is 16.1. The number of benzene rings is 2. The molecule has 110 valence electrons. The monoisotopic (exact) mass is 299 g/mol. The third-order valence-electron chi connectivity index (χ3n) is 4.37. The summed E-state index contributed by atoms with van der Waals surface area (Å²) in [4.78, 5) is 13.8. The van der Waals surface area contributed by atoms with E-state index in [1.807, 2.05) is 42.5 Å². The number of nitrogens with two attached hydrogens (primary N) is 1. The van der Waals surface area contributed by atoms with Crippen molar-refractivity contribution in [3.05, 3.63) is 54.1 Å². The van der Waals surface area contributed by atoms with E-state index in [1.165, 1.54) is 0 Å². The molecule has 0 unspecified atom stereocenters. The van der Waals surface area contributed by atoms with E-state index in [0.29, 0.717) is 17.2 Å². The normalized spacial score (nSPS) is 11.9. The van der Waals surface area contributed by atoms with Gasteiger partial charge in [-0.3, -0.25) is 4.40 Å². The maximum atomic E-state index is 6.10. The van der Waals surface area contributed by atoms with Crippen molar-refractivity contribution in [3.63, 3.8) is 0 Å². The van der Waals surface area contributed by atoms with Crippen molar-refractivity contribution in [1.82, 2.24) is 19.4 Å². The van der Waals surface area contributed by atoms with Crippen LogP contribution in [0.2, 0.25) is 0 Å². The molecule has 0 saturated carbocycles. The lowest BCUT2D eigenvalue weighted by Gasteiger charge is -2.07. The van der Waals surface area contributed by atoms with Gasteiger partial charge < -0.3 is 5.73 Å². The van der Waals surface area contributed by atoms with Gasteiger partial charge in [-0.1, -0.05) is 30.3 Å². The molecule has 23 heavy (non-hydrogen) atoms. The SMILES string of the molecule is Cc1c2ccccc2nc2nc3nc(N)c4ccccc4n3c12. The van der Waals surface area contributed by atoms with E-state index in [4.69, 9.17) is 10.7 Å². The van der Waals surface area contributed by atoms with E-state index in [0.717, 1.165) is 32.9 Å². The molecule has 0 spiro atoms. The number of imidazole rings is 1. The quantitative estimate of drug-likeness (QED) is 0.475. The second kappa shape index (κ2) is 4.16. The van der Waals surface area contributed by atoms with Crippen LogP contribution in [0.3, 0.4) is 0 Å². The molecule has 5 aromatic rings. The van der Waals surface area contributed by atoms with Crippen molar-refractivity contribution in [1.29, 1.82) is 0 Å². The number of pyridine rings is 1. The zero-order valence-electron chi connectivity index (χ0n) is 12.5. The lowest BCUT2D eigenvalue weighted by molar-refractivity contribution is 1.19. The van der Waals surface area contributed by atoms with Crippen LogP contribution in [-0.4, -0.2) is 19.4 Å². The smallest absolute Gasteiger partial charge is 0.238 e. The van der Waals surface area contributed by atoms with Crippen molar-refractivity contribution in [3.8, 4) is 0 Å². The van der Waals surface area contributed by atoms with Crippen molar-refractivity contribution >= 4 is 44.6 Å². The Balaban J connectivity index is 2.14. The number of anilines is 1. The van der Waals surface area contributed by atoms with E-state index in [-0.39, 0.29) is 0 Å². The maximum absolute atomic E-state index is 6.10. The topological polar surface area (TPSA) is 69.1 Å². The molecule has 0 aliphatic heterocycles. The number of rotatable bonds is 0. The Hall–Kier alpha value is -3.21. The zero-order chi connectivity index (χ0) is 15.6. The maximum Gasteiger partial charge on any atom is 0.238 e. The Kier molecular flexibility index (Phi) is 2.24. The molecule has 2 aromatic carbocycles. The number of hydrogen-bond acceptors (Lipinski definition) is 4. The first-order valence-corrected chi connectivity index (χ1v) is 7.46. The summed E-state index contributed by atoms with van der Waals surface area (Å²) in [5.41, 5.74) is 10.9. The average Bonchev–Trinajstić information content (AvgIpc) is 2.93. The van der Waals surface area contributed by atoms with E-state index in [9.17, 15) is 0 Å². The third-order valence-corrected chi connectivity index (χ3v) is 4.37. The van der Waals surface area contributed by atoms with Crippen LogP contribution in [0.4, 0.5) is 5.82 Å². The summed E-state index contributed by atoms with van der Waals surface area (Å²) in [5, 5.41) is 2.05. The molecule has 5 rings (SSSR count). The number of aryl methyl sites for hydroxylation is 1. The molecule has 0 aliphatic carbocycles. The third kappa shape index (κ3) is 1.53. The van der Waals surface area contributed by atoms with Gasteiger partial charge in [-0.25, -0.2) is 4.98 Å². The molecule has 3 heterocycles. The minimum Gasteiger partial charge on any atom is -0.383 e. The number of nitrogens with zero attached hydrogens (tertiary/aromatic N) is 4. The van der Waals surface area contributed by atoms with Gasteiger partial charge in [-0.15, -0.1) is 0 Å². The Morgan fingerprint density at radius 3 is 2.48 bits per heavy atom. The molecule has 0 fully saturated rings. The molecule has 5 nitrogen and oxygen atoms in total. The summed E-state index contributed by atoms with van der Waals surface area (Å²) in [5.74, 6) is 1.08. The van der Waals surface area contributed by atoms with Crippen LogP contribution in [0.25, 0.3) is 38.7 Å². The largest absolute Gasteiger partial charge is 0.383 e. The highest BCUT2D eigenvalue weighted by atomic mass is 15.1. The van der Waals surface area contributed by atoms with Gasteiger partial charge in [0, 0.05) is 10.8 Å². The van der Waals surface area contributed by atoms with Gasteiger partial charge in [-0.05, 0) is 30.7 Å². The van der Waals surface area contributed by atoms with Crippen LogP contribution in [0.1, 0.15) is 5.56 Å². The highest BCUT2D eigenvalue weighted by Crippen LogP contribution is 2.29. The van der Waals surface area contributed by atoms with Crippen LogP contribution >= 0.6 is 0 Å². The van der Waals surface area contributed by atoms with Crippen molar-refractivity contribution < 1.29 is 0 Å². The molecule has 0 saturated heterocycles. The van der Waals surface area contributed by atoms with Gasteiger partial charge in [0.1, 0.15) is 5.82 Å². The molecule has 0 bridgehead atoms. The van der Waals surface area contributed by atoms with E-state index < -0.39 is 0 Å². The number of fused-ring (bicyclic) bond motifs is 6. The highest BCUT2D eigenvalue weighted by Gasteiger charge is 2.15. The van der Waals surface area contributed by atoms with Gasteiger partial charge in [0.2, 0.25) is 5.78 Å². The minimum absolute atomic E-state index is 0.491. The first-order chi connectivity index (χ1) is 11.2. The van der Waals surface area contributed by atoms with E-state index in [1.54, 1.807) is 0 Å². The first kappa shape index (κ1) is 12.3. The van der Waals surface area contributed by atoms with Crippen LogP contribution in [-0.2, 0) is 0 Å². The van der Waals surface area contributed by atoms with Crippen LogP contribution in [0.15, 0.2) is 48.5 Å². The lowest BCUT2D eigenvalue weighted by atomic mass is 10.1. The molecule has 2 N–H and O–H groups in total. The molecule has 0 aliphatic rings. The van der Waals surface area contributed by atoms with Gasteiger partial charge in [0.05, 0.1) is 16.6 Å². The first-order valence-electron chi connectivity index (χ1n) is 7.46. The molecule has 0 radical (unpaired) electrons. The number of hydrogen-bond donors (Lipinski definition) is 1. The summed E-state index contributed by atoms with van der Waals surface area (Å²) >= 11 is 0. The van der Waals surface area contributed by atoms with Gasteiger partial charge >= 0.3 is 0 Å². The summed E-state index contributed by atoms with van der Waals surface area (Å²) in [6.45, 7) is 2.10. The van der Waals surface area contributed by atoms with Crippen molar-refractivity contribution in [2.75, 3.05) is 5.73 Å². The van der Waals surface area contributed by atoms with E-state index in [2.05, 4.69) is 27.4 Å². The second-order valence-corrected chi connectivity index (χ2v) is 5.69. The van der Waals surface area contributed by atoms with Crippen molar-refractivity contribution in [2.24, 2.45) is 0 Å². The molecule has 0 atom stereocenters. The Morgan fingerprint density at radius 1 is 0.870 bits per heavy atom. The van der Waals surface area contributed by atoms with E-state index >= 15 is 0 Å². The summed E-state index contributed by atoms with van der Waals surface area (Å²) < 4.78 is 2.05. The Morgan fingerprint density at radius 2 is 1.61 bits per heavy atom. The second-order valence-electron chi connectivity index (χ2n) is 5.69. The molecular formula is C18H13N5. The van der Waals surface area contributed by atoms with Gasteiger partial charge in [0.25, 0.3) is 0 Å². The van der Waals surface area contributed by atoms with Gasteiger partial charge in [0.15, 0.2) is 5.65 Å². The Labute approximate surface area is 131 Å².